The van der Waals surface area contributed by atoms with Crippen molar-refractivity contribution in [2.75, 3.05) is 32.7 Å². The molecule has 1 aromatic rings. The fraction of sp³-hybridized carbons (Fsp3) is 0.682. The fourth-order valence-corrected chi connectivity index (χ4v) is 5.21. The molecular formula is C22H32N2O. The van der Waals surface area contributed by atoms with Crippen molar-refractivity contribution in [3.8, 4) is 0 Å². The fourth-order valence-electron chi connectivity index (χ4n) is 5.21. The normalized spacial score (nSPS) is 24.2. The Morgan fingerprint density at radius 1 is 1.12 bits per heavy atom. The summed E-state index contributed by atoms with van der Waals surface area (Å²) >= 11 is 0. The molecule has 3 aliphatic rings. The highest BCUT2D eigenvalue weighted by molar-refractivity contribution is 5.78. The lowest BCUT2D eigenvalue weighted by Crippen LogP contribution is -2.63. The molecule has 1 amide bonds. The zero-order chi connectivity index (χ0) is 17.4. The van der Waals surface area contributed by atoms with E-state index in [2.05, 4.69) is 47.9 Å². The van der Waals surface area contributed by atoms with E-state index in [-0.39, 0.29) is 0 Å². The molecule has 2 heterocycles. The van der Waals surface area contributed by atoms with Gasteiger partial charge < -0.3 is 4.90 Å². The maximum Gasteiger partial charge on any atom is 0.236 e. The van der Waals surface area contributed by atoms with E-state index in [1.165, 1.54) is 43.2 Å². The number of likely N-dealkylation sites (tertiary alicyclic amines) is 2. The average Bonchev–Trinajstić information content (AvgIpc) is 2.57. The van der Waals surface area contributed by atoms with Gasteiger partial charge in [-0.1, -0.05) is 43.2 Å². The maximum absolute atomic E-state index is 12.5. The number of carbonyl (C=O) groups excluding carboxylic acids is 1. The van der Waals surface area contributed by atoms with Crippen molar-refractivity contribution in [2.45, 2.75) is 51.9 Å². The van der Waals surface area contributed by atoms with Gasteiger partial charge in [0.05, 0.1) is 6.54 Å². The Bertz CT molecular complexity index is 601. The molecule has 0 bridgehead atoms. The van der Waals surface area contributed by atoms with E-state index in [1.807, 2.05) is 0 Å². The second-order valence-corrected chi connectivity index (χ2v) is 8.89. The molecule has 25 heavy (non-hydrogen) atoms. The largest absolute Gasteiger partial charge is 0.342 e. The lowest BCUT2D eigenvalue weighted by atomic mass is 9.56. The summed E-state index contributed by atoms with van der Waals surface area (Å²) in [5.74, 6) is 1.94. The van der Waals surface area contributed by atoms with Gasteiger partial charge >= 0.3 is 0 Å². The standard InChI is InChI=1S/C22H32N2O/c1-3-18-8-10-24(11-9-18)21(25)14-23-15-22(16-23)12-20(13-22)19-6-4-17(2)5-7-19/h4-7,18,20H,3,8-16H2,1-2H3. The third kappa shape index (κ3) is 3.48. The Hall–Kier alpha value is -1.35. The van der Waals surface area contributed by atoms with Crippen LogP contribution >= 0.6 is 0 Å². The van der Waals surface area contributed by atoms with Gasteiger partial charge in [0.25, 0.3) is 0 Å². The second kappa shape index (κ2) is 6.75. The van der Waals surface area contributed by atoms with Crippen LogP contribution in [0.25, 0.3) is 0 Å². The van der Waals surface area contributed by atoms with Gasteiger partial charge in [-0.25, -0.2) is 0 Å². The van der Waals surface area contributed by atoms with E-state index in [9.17, 15) is 4.79 Å². The van der Waals surface area contributed by atoms with Gasteiger partial charge in [-0.15, -0.1) is 0 Å². The molecule has 0 atom stereocenters. The number of piperidine rings is 1. The molecule has 3 fully saturated rings. The van der Waals surface area contributed by atoms with E-state index in [4.69, 9.17) is 0 Å². The first kappa shape index (κ1) is 17.1. The molecule has 0 N–H and O–H groups in total. The lowest BCUT2D eigenvalue weighted by molar-refractivity contribution is -0.140. The minimum Gasteiger partial charge on any atom is -0.342 e. The Morgan fingerprint density at radius 2 is 1.76 bits per heavy atom. The Labute approximate surface area is 152 Å². The summed E-state index contributed by atoms with van der Waals surface area (Å²) in [6.45, 7) is 9.28. The minimum atomic E-state index is 0.360. The number of benzene rings is 1. The van der Waals surface area contributed by atoms with Gasteiger partial charge in [0.15, 0.2) is 0 Å². The molecule has 0 aromatic heterocycles. The first-order chi connectivity index (χ1) is 12.1. The van der Waals surface area contributed by atoms with Crippen LogP contribution in [0.5, 0.6) is 0 Å². The number of carbonyl (C=O) groups is 1. The Kier molecular flexibility index (Phi) is 4.61. The first-order valence-corrected chi connectivity index (χ1v) is 10.1. The highest BCUT2D eigenvalue weighted by Gasteiger charge is 2.52. The number of aryl methyl sites for hydroxylation is 1. The summed E-state index contributed by atoms with van der Waals surface area (Å²) in [7, 11) is 0. The molecule has 2 aliphatic heterocycles. The molecule has 136 valence electrons. The SMILES string of the molecule is CCC1CCN(C(=O)CN2CC3(CC(c4ccc(C)cc4)C3)C2)CC1. The third-order valence-electron chi connectivity index (χ3n) is 6.93. The highest BCUT2D eigenvalue weighted by atomic mass is 16.2. The summed E-state index contributed by atoms with van der Waals surface area (Å²) in [5, 5.41) is 0. The summed E-state index contributed by atoms with van der Waals surface area (Å²) in [6, 6.07) is 9.06. The molecule has 1 aliphatic carbocycles. The van der Waals surface area contributed by atoms with E-state index in [1.54, 1.807) is 0 Å². The number of hydrogen-bond donors (Lipinski definition) is 0. The van der Waals surface area contributed by atoms with Crippen LogP contribution in [0.1, 0.15) is 56.1 Å². The summed E-state index contributed by atoms with van der Waals surface area (Å²) in [5.41, 5.74) is 3.36. The molecule has 1 spiro atoms. The number of rotatable bonds is 4. The van der Waals surface area contributed by atoms with Gasteiger partial charge in [0.1, 0.15) is 0 Å². The molecule has 0 radical (unpaired) electrons. The average molecular weight is 341 g/mol. The second-order valence-electron chi connectivity index (χ2n) is 8.89. The molecule has 1 aromatic carbocycles. The predicted molar refractivity (Wildman–Crippen MR) is 102 cm³/mol. The molecular weight excluding hydrogens is 308 g/mol. The zero-order valence-corrected chi connectivity index (χ0v) is 15.8. The molecule has 3 nitrogen and oxygen atoms in total. The van der Waals surface area contributed by atoms with E-state index < -0.39 is 0 Å². The van der Waals surface area contributed by atoms with Crippen molar-refractivity contribution in [2.24, 2.45) is 11.3 Å². The molecule has 2 saturated heterocycles. The van der Waals surface area contributed by atoms with Gasteiger partial charge in [-0.05, 0) is 55.4 Å². The number of nitrogens with zero attached hydrogens (tertiary/aromatic N) is 2. The van der Waals surface area contributed by atoms with E-state index in [0.717, 1.165) is 38.0 Å². The first-order valence-electron chi connectivity index (χ1n) is 10.1. The topological polar surface area (TPSA) is 23.6 Å². The molecule has 4 rings (SSSR count). The van der Waals surface area contributed by atoms with Crippen LogP contribution in [0.2, 0.25) is 0 Å². The summed E-state index contributed by atoms with van der Waals surface area (Å²) in [6.07, 6.45) is 6.28. The van der Waals surface area contributed by atoms with Crippen LogP contribution in [0.4, 0.5) is 0 Å². The quantitative estimate of drug-likeness (QED) is 0.832. The van der Waals surface area contributed by atoms with Crippen molar-refractivity contribution in [3.05, 3.63) is 35.4 Å². The molecule has 0 unspecified atom stereocenters. The lowest BCUT2D eigenvalue weighted by Gasteiger charge is -2.59. The highest BCUT2D eigenvalue weighted by Crippen LogP contribution is 2.55. The number of hydrogen-bond acceptors (Lipinski definition) is 2. The summed E-state index contributed by atoms with van der Waals surface area (Å²) < 4.78 is 0. The minimum absolute atomic E-state index is 0.360. The van der Waals surface area contributed by atoms with Gasteiger partial charge in [-0.2, -0.15) is 0 Å². The number of amides is 1. The van der Waals surface area contributed by atoms with E-state index in [0.29, 0.717) is 17.9 Å². The van der Waals surface area contributed by atoms with Gasteiger partial charge in [0.2, 0.25) is 5.91 Å². The Morgan fingerprint density at radius 3 is 2.36 bits per heavy atom. The third-order valence-corrected chi connectivity index (χ3v) is 6.93. The Balaban J connectivity index is 1.20. The summed E-state index contributed by atoms with van der Waals surface area (Å²) in [4.78, 5) is 17.0. The zero-order valence-electron chi connectivity index (χ0n) is 15.8. The maximum atomic E-state index is 12.5. The van der Waals surface area contributed by atoms with Crippen LogP contribution in [0.15, 0.2) is 24.3 Å². The van der Waals surface area contributed by atoms with Crippen LogP contribution in [0, 0.1) is 18.3 Å². The van der Waals surface area contributed by atoms with Gasteiger partial charge in [0, 0.05) is 26.2 Å². The van der Waals surface area contributed by atoms with Crippen molar-refractivity contribution in [3.63, 3.8) is 0 Å². The van der Waals surface area contributed by atoms with Crippen LogP contribution in [-0.2, 0) is 4.79 Å². The van der Waals surface area contributed by atoms with Crippen LogP contribution in [0.3, 0.4) is 0 Å². The van der Waals surface area contributed by atoms with Crippen molar-refractivity contribution in [1.82, 2.24) is 9.80 Å². The van der Waals surface area contributed by atoms with Crippen LogP contribution in [-0.4, -0.2) is 48.4 Å². The van der Waals surface area contributed by atoms with Crippen molar-refractivity contribution in [1.29, 1.82) is 0 Å². The van der Waals surface area contributed by atoms with Crippen molar-refractivity contribution < 1.29 is 4.79 Å². The van der Waals surface area contributed by atoms with E-state index >= 15 is 0 Å². The van der Waals surface area contributed by atoms with Gasteiger partial charge in [-0.3, -0.25) is 9.69 Å². The molecule has 1 saturated carbocycles. The monoisotopic (exact) mass is 340 g/mol. The van der Waals surface area contributed by atoms with Crippen LogP contribution < -0.4 is 0 Å². The predicted octanol–water partition coefficient (Wildman–Crippen LogP) is 3.82. The smallest absolute Gasteiger partial charge is 0.236 e. The van der Waals surface area contributed by atoms with Crippen molar-refractivity contribution >= 4 is 5.91 Å². The molecule has 3 heteroatoms.